The topological polar surface area (TPSA) is 75.6 Å². The van der Waals surface area contributed by atoms with E-state index in [1.54, 1.807) is 0 Å². The fourth-order valence-electron chi connectivity index (χ4n) is 1.54. The number of hydrogen-bond donors (Lipinski definition) is 2. The zero-order valence-corrected chi connectivity index (χ0v) is 10.7. The highest BCUT2D eigenvalue weighted by molar-refractivity contribution is 5.91. The normalized spacial score (nSPS) is 12.7. The summed E-state index contributed by atoms with van der Waals surface area (Å²) < 4.78 is 1.82. The first-order valence-corrected chi connectivity index (χ1v) is 5.93. The first-order valence-electron chi connectivity index (χ1n) is 5.93. The van der Waals surface area contributed by atoms with Crippen molar-refractivity contribution in [2.24, 2.45) is 0 Å². The molecule has 2 heterocycles. The molecule has 0 spiro atoms. The van der Waals surface area contributed by atoms with E-state index in [-0.39, 0.29) is 17.9 Å². The summed E-state index contributed by atoms with van der Waals surface area (Å²) in [5.74, 6) is 1.20. The molecule has 2 rings (SSSR count). The van der Waals surface area contributed by atoms with E-state index in [0.29, 0.717) is 5.95 Å². The standard InChI is InChI=1S/C12H17N5O/c1-8(2)10-13-12(16-15-10)14-11(18)9(3)17-6-4-5-7-17/h4-9H,1-3H3,(H2,13,14,15,16,18)/t9-/m1/s1. The van der Waals surface area contributed by atoms with Crippen LogP contribution in [0, 0.1) is 0 Å². The number of hydrogen-bond acceptors (Lipinski definition) is 3. The van der Waals surface area contributed by atoms with E-state index in [1.165, 1.54) is 0 Å². The first kappa shape index (κ1) is 12.3. The van der Waals surface area contributed by atoms with Gasteiger partial charge in [-0.05, 0) is 19.1 Å². The number of anilines is 1. The predicted octanol–water partition coefficient (Wildman–Crippen LogP) is 1.93. The second kappa shape index (κ2) is 5.03. The molecule has 0 aromatic carbocycles. The highest BCUT2D eigenvalue weighted by Gasteiger charge is 2.16. The maximum absolute atomic E-state index is 12.0. The van der Waals surface area contributed by atoms with Gasteiger partial charge in [-0.2, -0.15) is 4.98 Å². The number of amides is 1. The highest BCUT2D eigenvalue weighted by Crippen LogP contribution is 2.12. The van der Waals surface area contributed by atoms with Gasteiger partial charge in [0, 0.05) is 18.3 Å². The Morgan fingerprint density at radius 1 is 1.33 bits per heavy atom. The molecule has 2 aromatic heterocycles. The maximum atomic E-state index is 12.0. The predicted molar refractivity (Wildman–Crippen MR) is 68.2 cm³/mol. The Labute approximate surface area is 105 Å². The summed E-state index contributed by atoms with van der Waals surface area (Å²) in [5, 5.41) is 9.46. The van der Waals surface area contributed by atoms with Crippen LogP contribution in [-0.2, 0) is 4.79 Å². The average Bonchev–Trinajstić information content (AvgIpc) is 2.98. The molecular formula is C12H17N5O. The van der Waals surface area contributed by atoms with Gasteiger partial charge in [0.25, 0.3) is 0 Å². The molecule has 6 heteroatoms. The van der Waals surface area contributed by atoms with Crippen LogP contribution in [0.15, 0.2) is 24.5 Å². The van der Waals surface area contributed by atoms with Crippen LogP contribution in [0.3, 0.4) is 0 Å². The molecule has 6 nitrogen and oxygen atoms in total. The van der Waals surface area contributed by atoms with Crippen molar-refractivity contribution in [1.82, 2.24) is 19.7 Å². The zero-order valence-electron chi connectivity index (χ0n) is 10.7. The minimum Gasteiger partial charge on any atom is -0.342 e. The Morgan fingerprint density at radius 3 is 2.56 bits per heavy atom. The van der Waals surface area contributed by atoms with Crippen molar-refractivity contribution in [2.45, 2.75) is 32.7 Å². The number of rotatable bonds is 4. The summed E-state index contributed by atoms with van der Waals surface area (Å²) in [6.45, 7) is 5.84. The molecule has 0 aliphatic rings. The van der Waals surface area contributed by atoms with Gasteiger partial charge in [-0.1, -0.05) is 13.8 Å². The second-order valence-corrected chi connectivity index (χ2v) is 4.49. The van der Waals surface area contributed by atoms with E-state index in [0.717, 1.165) is 5.82 Å². The van der Waals surface area contributed by atoms with Gasteiger partial charge in [0.2, 0.25) is 11.9 Å². The van der Waals surface area contributed by atoms with Gasteiger partial charge < -0.3 is 4.57 Å². The van der Waals surface area contributed by atoms with Crippen LogP contribution in [0.25, 0.3) is 0 Å². The van der Waals surface area contributed by atoms with Crippen LogP contribution in [0.4, 0.5) is 5.95 Å². The monoisotopic (exact) mass is 247 g/mol. The van der Waals surface area contributed by atoms with E-state index in [4.69, 9.17) is 0 Å². The number of aromatic amines is 1. The van der Waals surface area contributed by atoms with Gasteiger partial charge in [0.1, 0.15) is 11.9 Å². The molecule has 96 valence electrons. The number of nitrogens with one attached hydrogen (secondary N) is 2. The van der Waals surface area contributed by atoms with Crippen molar-refractivity contribution >= 4 is 11.9 Å². The molecule has 2 N–H and O–H groups in total. The van der Waals surface area contributed by atoms with Gasteiger partial charge in [-0.3, -0.25) is 15.2 Å². The van der Waals surface area contributed by atoms with Gasteiger partial charge in [0.15, 0.2) is 0 Å². The minimum atomic E-state index is -0.291. The van der Waals surface area contributed by atoms with Crippen molar-refractivity contribution in [1.29, 1.82) is 0 Å². The molecule has 0 saturated carbocycles. The van der Waals surface area contributed by atoms with Gasteiger partial charge in [-0.25, -0.2) is 0 Å². The van der Waals surface area contributed by atoms with Gasteiger partial charge in [-0.15, -0.1) is 5.10 Å². The van der Waals surface area contributed by atoms with E-state index in [1.807, 2.05) is 49.9 Å². The third-order valence-electron chi connectivity index (χ3n) is 2.74. The molecule has 1 atom stereocenters. The lowest BCUT2D eigenvalue weighted by atomic mass is 10.2. The minimum absolute atomic E-state index is 0.138. The van der Waals surface area contributed by atoms with E-state index in [2.05, 4.69) is 20.5 Å². The smallest absolute Gasteiger partial charge is 0.249 e. The summed E-state index contributed by atoms with van der Waals surface area (Å²) in [7, 11) is 0. The molecule has 0 bridgehead atoms. The lowest BCUT2D eigenvalue weighted by molar-refractivity contribution is -0.118. The van der Waals surface area contributed by atoms with Crippen molar-refractivity contribution in [3.05, 3.63) is 30.4 Å². The Kier molecular flexibility index (Phi) is 3.45. The van der Waals surface area contributed by atoms with Gasteiger partial charge in [0.05, 0.1) is 0 Å². The first-order chi connectivity index (χ1) is 8.58. The maximum Gasteiger partial charge on any atom is 0.249 e. The molecule has 0 unspecified atom stereocenters. The lowest BCUT2D eigenvalue weighted by Gasteiger charge is -2.11. The molecule has 18 heavy (non-hydrogen) atoms. The van der Waals surface area contributed by atoms with Crippen LogP contribution in [0.1, 0.15) is 38.6 Å². The van der Waals surface area contributed by atoms with E-state index >= 15 is 0 Å². The quantitative estimate of drug-likeness (QED) is 0.866. The van der Waals surface area contributed by atoms with Gasteiger partial charge >= 0.3 is 0 Å². The Bertz CT molecular complexity index is 514. The third kappa shape index (κ3) is 2.58. The molecule has 1 amide bonds. The summed E-state index contributed by atoms with van der Waals surface area (Å²) in [6, 6.07) is 3.47. The number of aromatic nitrogens is 4. The molecular weight excluding hydrogens is 230 g/mol. The van der Waals surface area contributed by atoms with Crippen LogP contribution in [0.5, 0.6) is 0 Å². The third-order valence-corrected chi connectivity index (χ3v) is 2.74. The summed E-state index contributed by atoms with van der Waals surface area (Å²) in [5.41, 5.74) is 0. The molecule has 0 aliphatic heterocycles. The fourth-order valence-corrected chi connectivity index (χ4v) is 1.54. The van der Waals surface area contributed by atoms with Crippen LogP contribution in [-0.4, -0.2) is 25.7 Å². The fraction of sp³-hybridized carbons (Fsp3) is 0.417. The van der Waals surface area contributed by atoms with Crippen LogP contribution >= 0.6 is 0 Å². The van der Waals surface area contributed by atoms with Crippen molar-refractivity contribution in [2.75, 3.05) is 5.32 Å². The Morgan fingerprint density at radius 2 is 2.00 bits per heavy atom. The second-order valence-electron chi connectivity index (χ2n) is 4.49. The lowest BCUT2D eigenvalue weighted by Crippen LogP contribution is -2.23. The highest BCUT2D eigenvalue weighted by atomic mass is 16.2. The van der Waals surface area contributed by atoms with Crippen LogP contribution < -0.4 is 5.32 Å². The largest absolute Gasteiger partial charge is 0.342 e. The molecule has 0 saturated heterocycles. The summed E-state index contributed by atoms with van der Waals surface area (Å²) in [4.78, 5) is 16.2. The van der Waals surface area contributed by atoms with E-state index in [9.17, 15) is 4.79 Å². The van der Waals surface area contributed by atoms with E-state index < -0.39 is 0 Å². The number of nitrogens with zero attached hydrogens (tertiary/aromatic N) is 3. The Hall–Kier alpha value is -2.11. The van der Waals surface area contributed by atoms with Crippen LogP contribution in [0.2, 0.25) is 0 Å². The SMILES string of the molecule is CC(C)c1nc(NC(=O)[C@@H](C)n2cccc2)n[nH]1. The molecule has 0 radical (unpaired) electrons. The zero-order chi connectivity index (χ0) is 13.1. The molecule has 0 fully saturated rings. The van der Waals surface area contributed by atoms with Crippen molar-refractivity contribution < 1.29 is 4.79 Å². The summed E-state index contributed by atoms with van der Waals surface area (Å²) >= 11 is 0. The number of carbonyl (C=O) groups excluding carboxylic acids is 1. The number of carbonyl (C=O) groups is 1. The molecule has 2 aromatic rings. The van der Waals surface area contributed by atoms with Crippen molar-refractivity contribution in [3.8, 4) is 0 Å². The average molecular weight is 247 g/mol. The summed E-state index contributed by atoms with van der Waals surface area (Å²) in [6.07, 6.45) is 3.70. The Balaban J connectivity index is 2.02. The molecule has 0 aliphatic carbocycles. The number of H-pyrrole nitrogens is 1. The van der Waals surface area contributed by atoms with Crippen molar-refractivity contribution in [3.63, 3.8) is 0 Å².